The van der Waals surface area contributed by atoms with Crippen molar-refractivity contribution >= 4 is 0 Å². The molecule has 0 radical (unpaired) electrons. The van der Waals surface area contributed by atoms with Gasteiger partial charge in [0, 0.05) is 6.61 Å². The number of aliphatic hydroxyl groups is 1. The van der Waals surface area contributed by atoms with Crippen LogP contribution in [0.4, 0.5) is 0 Å². The Morgan fingerprint density at radius 1 is 1.32 bits per heavy atom. The summed E-state index contributed by atoms with van der Waals surface area (Å²) in [6.07, 6.45) is 3.32. The van der Waals surface area contributed by atoms with Crippen molar-refractivity contribution in [3.8, 4) is 11.5 Å². The molecule has 0 aromatic heterocycles. The molecule has 0 bridgehead atoms. The van der Waals surface area contributed by atoms with Crippen molar-refractivity contribution in [3.05, 3.63) is 23.8 Å². The van der Waals surface area contributed by atoms with E-state index < -0.39 is 0 Å². The van der Waals surface area contributed by atoms with E-state index in [1.165, 1.54) is 0 Å². The molecular weight excluding hydrogens is 244 g/mol. The third kappa shape index (κ3) is 3.85. The van der Waals surface area contributed by atoms with Crippen LogP contribution in [0.1, 0.15) is 24.8 Å². The average molecular weight is 266 g/mol. The van der Waals surface area contributed by atoms with Gasteiger partial charge in [0.15, 0.2) is 11.5 Å². The van der Waals surface area contributed by atoms with Gasteiger partial charge in [0.2, 0.25) is 0 Å². The first-order valence-corrected chi connectivity index (χ1v) is 6.73. The third-order valence-electron chi connectivity index (χ3n) is 3.48. The number of hydrogen-bond acceptors (Lipinski definition) is 4. The van der Waals surface area contributed by atoms with Crippen molar-refractivity contribution < 1.29 is 19.3 Å². The molecule has 1 aromatic rings. The number of aliphatic hydroxyl groups excluding tert-OH is 1. The summed E-state index contributed by atoms with van der Waals surface area (Å²) >= 11 is 0. The maximum Gasteiger partial charge on any atom is 0.160 e. The quantitative estimate of drug-likeness (QED) is 0.857. The first kappa shape index (κ1) is 14.2. The molecule has 1 aliphatic rings. The molecule has 2 unspecified atom stereocenters. The van der Waals surface area contributed by atoms with Crippen molar-refractivity contribution in [3.63, 3.8) is 0 Å². The van der Waals surface area contributed by atoms with Crippen LogP contribution < -0.4 is 9.47 Å². The van der Waals surface area contributed by atoms with E-state index in [9.17, 15) is 5.11 Å². The molecule has 0 amide bonds. The van der Waals surface area contributed by atoms with Crippen LogP contribution in [0.25, 0.3) is 0 Å². The van der Waals surface area contributed by atoms with Crippen LogP contribution in [-0.2, 0) is 11.2 Å². The predicted molar refractivity (Wildman–Crippen MR) is 72.8 cm³/mol. The second-order valence-electron chi connectivity index (χ2n) is 4.92. The van der Waals surface area contributed by atoms with Crippen LogP contribution in [0.2, 0.25) is 0 Å². The lowest BCUT2D eigenvalue weighted by Crippen LogP contribution is -2.19. The second kappa shape index (κ2) is 6.78. The van der Waals surface area contributed by atoms with Crippen molar-refractivity contribution in [2.45, 2.75) is 37.9 Å². The lowest BCUT2D eigenvalue weighted by atomic mass is 10.0. The Hall–Kier alpha value is -1.26. The van der Waals surface area contributed by atoms with Gasteiger partial charge in [-0.25, -0.2) is 0 Å². The van der Waals surface area contributed by atoms with Gasteiger partial charge in [-0.2, -0.15) is 0 Å². The first-order chi connectivity index (χ1) is 9.22. The summed E-state index contributed by atoms with van der Waals surface area (Å²) in [6, 6.07) is 5.74. The van der Waals surface area contributed by atoms with E-state index in [4.69, 9.17) is 14.2 Å². The van der Waals surface area contributed by atoms with Gasteiger partial charge in [0.25, 0.3) is 0 Å². The number of methoxy groups -OCH3 is 2. The van der Waals surface area contributed by atoms with Crippen molar-refractivity contribution in [2.24, 2.45) is 0 Å². The Labute approximate surface area is 114 Å². The first-order valence-electron chi connectivity index (χ1n) is 6.73. The van der Waals surface area contributed by atoms with E-state index >= 15 is 0 Å². The second-order valence-corrected chi connectivity index (χ2v) is 4.92. The van der Waals surface area contributed by atoms with Crippen LogP contribution in [0, 0.1) is 0 Å². The largest absolute Gasteiger partial charge is 0.493 e. The molecule has 2 rings (SSSR count). The summed E-state index contributed by atoms with van der Waals surface area (Å²) in [6.45, 7) is 0.827. The van der Waals surface area contributed by atoms with Gasteiger partial charge < -0.3 is 19.3 Å². The Morgan fingerprint density at radius 3 is 2.74 bits per heavy atom. The van der Waals surface area contributed by atoms with Gasteiger partial charge in [-0.1, -0.05) is 6.07 Å². The summed E-state index contributed by atoms with van der Waals surface area (Å²) in [5, 5.41) is 10.1. The van der Waals surface area contributed by atoms with Crippen LogP contribution in [0.3, 0.4) is 0 Å². The van der Waals surface area contributed by atoms with E-state index in [1.807, 2.05) is 18.2 Å². The highest BCUT2D eigenvalue weighted by Crippen LogP contribution is 2.28. The van der Waals surface area contributed by atoms with Gasteiger partial charge in [0.1, 0.15) is 0 Å². The number of rotatable bonds is 6. The Balaban J connectivity index is 1.94. The smallest absolute Gasteiger partial charge is 0.160 e. The summed E-state index contributed by atoms with van der Waals surface area (Å²) in [7, 11) is 3.23. The number of hydrogen-bond donors (Lipinski definition) is 1. The van der Waals surface area contributed by atoms with Gasteiger partial charge in [-0.05, 0) is 43.4 Å². The molecule has 1 aliphatic heterocycles. The summed E-state index contributed by atoms with van der Waals surface area (Å²) in [5.74, 6) is 1.41. The summed E-state index contributed by atoms with van der Waals surface area (Å²) < 4.78 is 16.0. The highest BCUT2D eigenvalue weighted by Gasteiger charge is 2.20. The monoisotopic (exact) mass is 266 g/mol. The maximum atomic E-state index is 10.1. The summed E-state index contributed by atoms with van der Waals surface area (Å²) in [4.78, 5) is 0. The van der Waals surface area contributed by atoms with Crippen LogP contribution >= 0.6 is 0 Å². The zero-order chi connectivity index (χ0) is 13.7. The third-order valence-corrected chi connectivity index (χ3v) is 3.48. The standard InChI is InChI=1S/C15H22O4/c1-17-14-6-5-11(9-15(14)18-2)8-12(16)10-13-4-3-7-19-13/h5-6,9,12-13,16H,3-4,7-8,10H2,1-2H3. The molecule has 0 aliphatic carbocycles. The van der Waals surface area contributed by atoms with Gasteiger partial charge in [0.05, 0.1) is 26.4 Å². The molecule has 19 heavy (non-hydrogen) atoms. The summed E-state index contributed by atoms with van der Waals surface area (Å²) in [5.41, 5.74) is 1.04. The fourth-order valence-electron chi connectivity index (χ4n) is 2.50. The molecule has 0 saturated carbocycles. The maximum absolute atomic E-state index is 10.1. The highest BCUT2D eigenvalue weighted by molar-refractivity contribution is 5.43. The molecule has 2 atom stereocenters. The Bertz CT molecular complexity index is 399. The van der Waals surface area contributed by atoms with E-state index in [-0.39, 0.29) is 12.2 Å². The predicted octanol–water partition coefficient (Wildman–Crippen LogP) is 2.18. The van der Waals surface area contributed by atoms with Gasteiger partial charge in [-0.3, -0.25) is 0 Å². The van der Waals surface area contributed by atoms with Crippen LogP contribution in [0.15, 0.2) is 18.2 Å². The Morgan fingerprint density at radius 2 is 2.11 bits per heavy atom. The lowest BCUT2D eigenvalue weighted by Gasteiger charge is -2.16. The normalized spacial score (nSPS) is 20.3. The molecule has 0 spiro atoms. The van der Waals surface area contributed by atoms with Crippen LogP contribution in [0.5, 0.6) is 11.5 Å². The molecule has 4 heteroatoms. The molecule has 1 saturated heterocycles. The Kier molecular flexibility index (Phi) is 5.05. The van der Waals surface area contributed by atoms with Crippen molar-refractivity contribution in [1.82, 2.24) is 0 Å². The van der Waals surface area contributed by atoms with E-state index in [1.54, 1.807) is 14.2 Å². The van der Waals surface area contributed by atoms with Gasteiger partial charge in [-0.15, -0.1) is 0 Å². The molecule has 106 valence electrons. The number of benzene rings is 1. The van der Waals surface area contributed by atoms with Crippen molar-refractivity contribution in [1.29, 1.82) is 0 Å². The molecule has 4 nitrogen and oxygen atoms in total. The fraction of sp³-hybridized carbons (Fsp3) is 0.600. The minimum absolute atomic E-state index is 0.218. The highest BCUT2D eigenvalue weighted by atomic mass is 16.5. The van der Waals surface area contributed by atoms with E-state index in [0.717, 1.165) is 25.0 Å². The van der Waals surface area contributed by atoms with Crippen LogP contribution in [-0.4, -0.2) is 38.1 Å². The minimum atomic E-state index is -0.374. The lowest BCUT2D eigenvalue weighted by molar-refractivity contribution is 0.0541. The molecule has 1 heterocycles. The SMILES string of the molecule is COc1ccc(CC(O)CC2CCCO2)cc1OC. The zero-order valence-electron chi connectivity index (χ0n) is 11.6. The topological polar surface area (TPSA) is 47.9 Å². The molecule has 1 fully saturated rings. The fourth-order valence-corrected chi connectivity index (χ4v) is 2.50. The minimum Gasteiger partial charge on any atom is -0.493 e. The molecule has 1 N–H and O–H groups in total. The molecular formula is C15H22O4. The van der Waals surface area contributed by atoms with E-state index in [2.05, 4.69) is 0 Å². The van der Waals surface area contributed by atoms with Crippen molar-refractivity contribution in [2.75, 3.05) is 20.8 Å². The van der Waals surface area contributed by atoms with Gasteiger partial charge >= 0.3 is 0 Å². The van der Waals surface area contributed by atoms with E-state index in [0.29, 0.717) is 24.3 Å². The average Bonchev–Trinajstić information content (AvgIpc) is 2.91. The molecule has 1 aromatic carbocycles. The zero-order valence-corrected chi connectivity index (χ0v) is 11.6. The number of ether oxygens (including phenoxy) is 3.